The van der Waals surface area contributed by atoms with Gasteiger partial charge in [-0.15, -0.1) is 82.2 Å². The number of benzene rings is 4. The fourth-order valence-corrected chi connectivity index (χ4v) is 4.88. The third kappa shape index (κ3) is 5.30. The van der Waals surface area contributed by atoms with Crippen molar-refractivity contribution in [2.45, 2.75) is 0 Å². The number of para-hydroxylation sites is 4. The Bertz CT molecular complexity index is 1770. The minimum atomic E-state index is 0. The predicted molar refractivity (Wildman–Crippen MR) is 148 cm³/mol. The zero-order valence-corrected chi connectivity index (χ0v) is 23.8. The van der Waals surface area contributed by atoms with Gasteiger partial charge in [0.05, 0.1) is 34.7 Å². The summed E-state index contributed by atoms with van der Waals surface area (Å²) in [6, 6.07) is 42.0. The zero-order valence-electron chi connectivity index (χ0n) is 20.7. The Morgan fingerprint density at radius 2 is 0.872 bits per heavy atom. The molecule has 0 saturated heterocycles. The summed E-state index contributed by atoms with van der Waals surface area (Å²) in [6.45, 7) is 0. The zero-order chi connectivity index (χ0) is 23.9. The Labute approximate surface area is 253 Å². The van der Waals surface area contributed by atoms with E-state index >= 15 is 0 Å². The molecule has 6 aromatic carbocycles. The van der Waals surface area contributed by atoms with Gasteiger partial charge in [-0.1, -0.05) is 36.4 Å². The number of hydrogen-bond donors (Lipinski definition) is 0. The third-order valence-corrected chi connectivity index (χ3v) is 6.67. The largest absolute Gasteiger partial charge is 4.00 e. The van der Waals surface area contributed by atoms with Gasteiger partial charge in [-0.3, -0.25) is 0 Å². The van der Waals surface area contributed by atoms with Gasteiger partial charge >= 0.3 is 21.7 Å². The van der Waals surface area contributed by atoms with Crippen LogP contribution in [-0.2, 0) is 21.7 Å². The van der Waals surface area contributed by atoms with Gasteiger partial charge in [-0.05, 0) is 35.6 Å². The van der Waals surface area contributed by atoms with E-state index in [2.05, 4.69) is 104 Å². The third-order valence-electron chi connectivity index (χ3n) is 6.67. The van der Waals surface area contributed by atoms with Crippen LogP contribution in [0.1, 0.15) is 0 Å². The minimum Gasteiger partial charge on any atom is -1.00 e. The van der Waals surface area contributed by atoms with Crippen molar-refractivity contribution in [1.29, 1.82) is 0 Å². The summed E-state index contributed by atoms with van der Waals surface area (Å²) in [7, 11) is 0. The Hall–Kier alpha value is -3.67. The second kappa shape index (κ2) is 12.0. The van der Waals surface area contributed by atoms with Crippen LogP contribution in [0.3, 0.4) is 0 Å². The summed E-state index contributed by atoms with van der Waals surface area (Å²) >= 11 is 0. The van der Waals surface area contributed by atoms with Gasteiger partial charge in [0, 0.05) is 0 Å². The number of nitrogens with zero attached hydrogens (tertiary/aromatic N) is 4. The Morgan fingerprint density at radius 3 is 1.31 bits per heavy atom. The summed E-state index contributed by atoms with van der Waals surface area (Å²) in [5, 5.41) is 5.08. The molecule has 0 saturated carbocycles. The van der Waals surface area contributed by atoms with Crippen LogP contribution in [0.25, 0.3) is 55.0 Å². The molecule has 0 radical (unpaired) electrons. The van der Waals surface area contributed by atoms with Crippen molar-refractivity contribution < 1.29 is 46.5 Å². The molecule has 188 valence electrons. The molecule has 4 nitrogen and oxygen atoms in total. The predicted octanol–water partition coefficient (Wildman–Crippen LogP) is 1.80. The molecular formula is C32H22Cl2N4Ti. The van der Waals surface area contributed by atoms with Crippen molar-refractivity contribution in [3.8, 4) is 11.4 Å². The van der Waals surface area contributed by atoms with E-state index < -0.39 is 0 Å². The molecule has 0 aliphatic rings. The van der Waals surface area contributed by atoms with Gasteiger partial charge in [-0.2, -0.15) is 0 Å². The van der Waals surface area contributed by atoms with Crippen molar-refractivity contribution in [2.75, 3.05) is 0 Å². The van der Waals surface area contributed by atoms with Crippen LogP contribution in [0.5, 0.6) is 0 Å². The van der Waals surface area contributed by atoms with Gasteiger partial charge < -0.3 is 33.9 Å². The van der Waals surface area contributed by atoms with Gasteiger partial charge in [0.2, 0.25) is 0 Å². The first-order valence-corrected chi connectivity index (χ1v) is 12.0. The first-order valence-electron chi connectivity index (χ1n) is 12.0. The average Bonchev–Trinajstić information content (AvgIpc) is 3.71. The van der Waals surface area contributed by atoms with Crippen molar-refractivity contribution in [1.82, 2.24) is 19.1 Å². The minimum absolute atomic E-state index is 0. The number of rotatable bonds is 2. The van der Waals surface area contributed by atoms with Crippen molar-refractivity contribution in [3.05, 3.63) is 134 Å². The molecule has 39 heavy (non-hydrogen) atoms. The maximum Gasteiger partial charge on any atom is 4.00 e. The number of aromatic nitrogens is 4. The van der Waals surface area contributed by atoms with Gasteiger partial charge in [0.25, 0.3) is 0 Å². The fourth-order valence-electron chi connectivity index (χ4n) is 4.88. The molecule has 0 bridgehead atoms. The average molecular weight is 581 g/mol. The van der Waals surface area contributed by atoms with E-state index in [1.54, 1.807) is 0 Å². The second-order valence-corrected chi connectivity index (χ2v) is 8.89. The van der Waals surface area contributed by atoms with Crippen LogP contribution >= 0.6 is 0 Å². The monoisotopic (exact) mass is 580 g/mol. The first-order chi connectivity index (χ1) is 17.8. The van der Waals surface area contributed by atoms with Crippen molar-refractivity contribution >= 4 is 43.6 Å². The molecule has 2 aromatic heterocycles. The summed E-state index contributed by atoms with van der Waals surface area (Å²) in [5.74, 6) is 0. The van der Waals surface area contributed by atoms with Crippen LogP contribution in [0.4, 0.5) is 0 Å². The molecule has 0 fully saturated rings. The SMILES string of the molecule is [Cl-].[Cl-].[Ti+4].c1ccc2[cH-]c(-n3cnc4ccccc43)cc2c1.c1ccc2[cH-]c(-n3cnc4ccccc43)cc2c1. The molecular weight excluding hydrogens is 559 g/mol. The first kappa shape index (κ1) is 28.3. The number of hydrogen-bond acceptors (Lipinski definition) is 2. The van der Waals surface area contributed by atoms with E-state index in [1.165, 1.54) is 32.9 Å². The molecule has 8 aromatic rings. The van der Waals surface area contributed by atoms with E-state index in [1.807, 2.05) is 49.1 Å². The molecule has 0 N–H and O–H groups in total. The van der Waals surface area contributed by atoms with Gasteiger partial charge in [0.15, 0.2) is 0 Å². The molecule has 0 spiro atoms. The van der Waals surface area contributed by atoms with Crippen LogP contribution in [0.2, 0.25) is 0 Å². The molecule has 0 unspecified atom stereocenters. The van der Waals surface area contributed by atoms with Crippen LogP contribution in [-0.4, -0.2) is 19.1 Å². The molecule has 2 heterocycles. The topological polar surface area (TPSA) is 35.6 Å². The molecule has 7 heteroatoms. The quantitative estimate of drug-likeness (QED) is 0.231. The van der Waals surface area contributed by atoms with E-state index in [0.717, 1.165) is 22.1 Å². The summed E-state index contributed by atoms with van der Waals surface area (Å²) in [4.78, 5) is 8.86. The van der Waals surface area contributed by atoms with Crippen LogP contribution in [0, 0.1) is 0 Å². The van der Waals surface area contributed by atoms with Crippen LogP contribution in [0.15, 0.2) is 134 Å². The van der Waals surface area contributed by atoms with Gasteiger partial charge in [0.1, 0.15) is 0 Å². The maximum atomic E-state index is 4.43. The number of fused-ring (bicyclic) bond motifs is 4. The second-order valence-electron chi connectivity index (χ2n) is 8.89. The Balaban J connectivity index is 0.000000168. The van der Waals surface area contributed by atoms with Crippen molar-refractivity contribution in [2.24, 2.45) is 0 Å². The van der Waals surface area contributed by atoms with Crippen LogP contribution < -0.4 is 24.8 Å². The normalized spacial score (nSPS) is 10.5. The maximum absolute atomic E-state index is 4.43. The van der Waals surface area contributed by atoms with E-state index in [-0.39, 0.29) is 46.5 Å². The molecule has 0 amide bonds. The van der Waals surface area contributed by atoms with Crippen molar-refractivity contribution in [3.63, 3.8) is 0 Å². The number of imidazole rings is 2. The fraction of sp³-hybridized carbons (Fsp3) is 0. The Morgan fingerprint density at radius 1 is 0.487 bits per heavy atom. The molecule has 8 rings (SSSR count). The summed E-state index contributed by atoms with van der Waals surface area (Å²) in [6.07, 6.45) is 3.78. The van der Waals surface area contributed by atoms with E-state index in [4.69, 9.17) is 0 Å². The van der Waals surface area contributed by atoms with Gasteiger partial charge in [-0.25, -0.2) is 9.97 Å². The van der Waals surface area contributed by atoms with E-state index in [9.17, 15) is 0 Å². The molecule has 0 atom stereocenters. The van der Waals surface area contributed by atoms with E-state index in [0.29, 0.717) is 0 Å². The molecule has 0 aliphatic heterocycles. The smallest absolute Gasteiger partial charge is 1.00 e. The summed E-state index contributed by atoms with van der Waals surface area (Å²) < 4.78 is 4.27. The standard InChI is InChI=1S/2C16H11N2.2ClH.Ti/c2*1-2-6-13-10-14(9-12(13)5-1)18-11-17-15-7-3-4-8-16(15)18;;;/h2*1-11H;2*1H;/q2*-1;;;+4/p-2. The summed E-state index contributed by atoms with van der Waals surface area (Å²) in [5.41, 5.74) is 6.70. The molecule has 0 aliphatic carbocycles. The Kier molecular flexibility index (Phi) is 8.74. The number of halogens is 2.